The average Bonchev–Trinajstić information content (AvgIpc) is 2.75. The molecule has 4 nitrogen and oxygen atoms in total. The third-order valence-corrected chi connectivity index (χ3v) is 2.59. The molecule has 5 heteroatoms. The standard InChI is InChI=1S/C12H8BrNO3/c13-10-3-1-2-9(8-10)12-5-4-11(17-12)6-7-14(15)16/h1-8H. The molecule has 0 aliphatic rings. The molecule has 86 valence electrons. The van der Waals surface area contributed by atoms with Gasteiger partial charge in [-0.3, -0.25) is 10.1 Å². The zero-order chi connectivity index (χ0) is 12.3. The van der Waals surface area contributed by atoms with Gasteiger partial charge in [-0.25, -0.2) is 0 Å². The first-order valence-corrected chi connectivity index (χ1v) is 5.62. The van der Waals surface area contributed by atoms with Crippen molar-refractivity contribution in [3.05, 3.63) is 62.9 Å². The summed E-state index contributed by atoms with van der Waals surface area (Å²) in [5, 5.41) is 10.2. The molecule has 2 aromatic rings. The molecular weight excluding hydrogens is 286 g/mol. The lowest BCUT2D eigenvalue weighted by atomic mass is 10.2. The number of nitrogens with zero attached hydrogens (tertiary/aromatic N) is 1. The van der Waals surface area contributed by atoms with E-state index in [9.17, 15) is 10.1 Å². The molecule has 0 N–H and O–H groups in total. The molecule has 17 heavy (non-hydrogen) atoms. The molecule has 0 bridgehead atoms. The molecule has 0 fully saturated rings. The van der Waals surface area contributed by atoms with E-state index in [0.29, 0.717) is 11.5 Å². The van der Waals surface area contributed by atoms with E-state index in [4.69, 9.17) is 4.42 Å². The normalized spacial score (nSPS) is 10.9. The van der Waals surface area contributed by atoms with Gasteiger partial charge in [0.2, 0.25) is 6.20 Å². The number of halogens is 1. The van der Waals surface area contributed by atoms with Gasteiger partial charge in [0.1, 0.15) is 11.5 Å². The van der Waals surface area contributed by atoms with Crippen molar-refractivity contribution in [2.45, 2.75) is 0 Å². The number of hydrogen-bond donors (Lipinski definition) is 0. The third kappa shape index (κ3) is 3.04. The van der Waals surface area contributed by atoms with Crippen LogP contribution in [0.1, 0.15) is 5.76 Å². The van der Waals surface area contributed by atoms with Crippen molar-refractivity contribution >= 4 is 22.0 Å². The molecule has 0 atom stereocenters. The van der Waals surface area contributed by atoms with Crippen LogP contribution in [0.25, 0.3) is 17.4 Å². The van der Waals surface area contributed by atoms with Gasteiger partial charge in [-0.05, 0) is 24.3 Å². The predicted octanol–water partition coefficient (Wildman–Crippen LogP) is 3.96. The number of rotatable bonds is 3. The first kappa shape index (κ1) is 11.6. The Bertz CT molecular complexity index is 575. The van der Waals surface area contributed by atoms with E-state index >= 15 is 0 Å². The van der Waals surface area contributed by atoms with Crippen molar-refractivity contribution in [2.24, 2.45) is 0 Å². The van der Waals surface area contributed by atoms with E-state index in [1.807, 2.05) is 24.3 Å². The van der Waals surface area contributed by atoms with Gasteiger partial charge < -0.3 is 4.42 Å². The molecule has 0 spiro atoms. The maximum absolute atomic E-state index is 10.2. The van der Waals surface area contributed by atoms with E-state index < -0.39 is 4.92 Å². The maximum atomic E-state index is 10.2. The lowest BCUT2D eigenvalue weighted by Crippen LogP contribution is -1.80. The van der Waals surface area contributed by atoms with Gasteiger partial charge in [0.15, 0.2) is 0 Å². The van der Waals surface area contributed by atoms with Crippen molar-refractivity contribution in [1.29, 1.82) is 0 Å². The summed E-state index contributed by atoms with van der Waals surface area (Å²) in [5.41, 5.74) is 0.917. The van der Waals surface area contributed by atoms with Crippen LogP contribution >= 0.6 is 15.9 Å². The second-order valence-corrected chi connectivity index (χ2v) is 4.23. The minimum Gasteiger partial charge on any atom is -0.457 e. The monoisotopic (exact) mass is 293 g/mol. The second kappa shape index (κ2) is 4.97. The smallest absolute Gasteiger partial charge is 0.238 e. The van der Waals surface area contributed by atoms with Gasteiger partial charge in [-0.1, -0.05) is 28.1 Å². The van der Waals surface area contributed by atoms with E-state index in [1.54, 1.807) is 12.1 Å². The van der Waals surface area contributed by atoms with Crippen molar-refractivity contribution in [3.8, 4) is 11.3 Å². The first-order chi connectivity index (χ1) is 8.15. The van der Waals surface area contributed by atoms with Crippen LogP contribution in [0.2, 0.25) is 0 Å². The van der Waals surface area contributed by atoms with Gasteiger partial charge in [0, 0.05) is 10.0 Å². The number of hydrogen-bond acceptors (Lipinski definition) is 3. The third-order valence-electron chi connectivity index (χ3n) is 2.10. The lowest BCUT2D eigenvalue weighted by Gasteiger charge is -1.96. The van der Waals surface area contributed by atoms with Crippen LogP contribution in [0.4, 0.5) is 0 Å². The van der Waals surface area contributed by atoms with E-state index in [1.165, 1.54) is 6.08 Å². The Kier molecular flexibility index (Phi) is 3.39. The van der Waals surface area contributed by atoms with E-state index in [2.05, 4.69) is 15.9 Å². The minimum atomic E-state index is -0.526. The highest BCUT2D eigenvalue weighted by Crippen LogP contribution is 2.25. The van der Waals surface area contributed by atoms with Gasteiger partial charge in [-0.2, -0.15) is 0 Å². The highest BCUT2D eigenvalue weighted by atomic mass is 79.9. The minimum absolute atomic E-state index is 0.455. The summed E-state index contributed by atoms with van der Waals surface area (Å²) in [5.74, 6) is 1.13. The van der Waals surface area contributed by atoms with Crippen LogP contribution in [-0.4, -0.2) is 4.92 Å². The van der Waals surface area contributed by atoms with E-state index in [0.717, 1.165) is 16.2 Å². The summed E-state index contributed by atoms with van der Waals surface area (Å²) in [6.45, 7) is 0. The van der Waals surface area contributed by atoms with Crippen LogP contribution in [-0.2, 0) is 0 Å². The second-order valence-electron chi connectivity index (χ2n) is 3.31. The Balaban J connectivity index is 2.27. The molecule has 1 aromatic heterocycles. The summed E-state index contributed by atoms with van der Waals surface area (Å²) in [6.07, 6.45) is 2.17. The fraction of sp³-hybridized carbons (Fsp3) is 0. The fourth-order valence-corrected chi connectivity index (χ4v) is 1.77. The van der Waals surface area contributed by atoms with Crippen LogP contribution in [0, 0.1) is 10.1 Å². The molecule has 0 saturated heterocycles. The van der Waals surface area contributed by atoms with Crippen LogP contribution in [0.3, 0.4) is 0 Å². The Morgan fingerprint density at radius 3 is 2.82 bits per heavy atom. The van der Waals surface area contributed by atoms with Crippen LogP contribution in [0.15, 0.2) is 51.5 Å². The molecule has 0 radical (unpaired) electrons. The predicted molar refractivity (Wildman–Crippen MR) is 67.9 cm³/mol. The molecule has 0 aliphatic heterocycles. The molecular formula is C12H8BrNO3. The Morgan fingerprint density at radius 1 is 1.29 bits per heavy atom. The molecule has 1 heterocycles. The van der Waals surface area contributed by atoms with Gasteiger partial charge in [-0.15, -0.1) is 0 Å². The van der Waals surface area contributed by atoms with E-state index in [-0.39, 0.29) is 0 Å². The Morgan fingerprint density at radius 2 is 2.12 bits per heavy atom. The molecule has 0 amide bonds. The topological polar surface area (TPSA) is 56.3 Å². The fourth-order valence-electron chi connectivity index (χ4n) is 1.37. The first-order valence-electron chi connectivity index (χ1n) is 4.82. The summed E-state index contributed by atoms with van der Waals surface area (Å²) in [7, 11) is 0. The van der Waals surface area contributed by atoms with Gasteiger partial charge >= 0.3 is 0 Å². The van der Waals surface area contributed by atoms with Crippen molar-refractivity contribution in [2.75, 3.05) is 0 Å². The lowest BCUT2D eigenvalue weighted by molar-refractivity contribution is -0.401. The summed E-state index contributed by atoms with van der Waals surface area (Å²) >= 11 is 3.37. The summed E-state index contributed by atoms with van der Waals surface area (Å²) in [4.78, 5) is 9.64. The number of benzene rings is 1. The zero-order valence-electron chi connectivity index (χ0n) is 8.67. The van der Waals surface area contributed by atoms with Gasteiger partial charge in [0.05, 0.1) is 11.0 Å². The number of furan rings is 1. The number of nitro groups is 1. The largest absolute Gasteiger partial charge is 0.457 e. The molecule has 2 rings (SSSR count). The average molecular weight is 294 g/mol. The summed E-state index contributed by atoms with van der Waals surface area (Å²) < 4.78 is 6.42. The quantitative estimate of drug-likeness (QED) is 0.636. The zero-order valence-corrected chi connectivity index (χ0v) is 10.3. The Labute approximate surface area is 106 Å². The van der Waals surface area contributed by atoms with Crippen LogP contribution in [0.5, 0.6) is 0 Å². The Hall–Kier alpha value is -1.88. The van der Waals surface area contributed by atoms with Crippen molar-refractivity contribution in [3.63, 3.8) is 0 Å². The van der Waals surface area contributed by atoms with Crippen LogP contribution < -0.4 is 0 Å². The van der Waals surface area contributed by atoms with Crippen molar-refractivity contribution < 1.29 is 9.34 Å². The SMILES string of the molecule is O=[N+]([O-])C=Cc1ccc(-c2cccc(Br)c2)o1. The summed E-state index contributed by atoms with van der Waals surface area (Å²) in [6, 6.07) is 11.1. The molecule has 0 unspecified atom stereocenters. The molecule has 1 aromatic carbocycles. The van der Waals surface area contributed by atoms with Gasteiger partial charge in [0.25, 0.3) is 0 Å². The highest BCUT2D eigenvalue weighted by molar-refractivity contribution is 9.10. The highest BCUT2D eigenvalue weighted by Gasteiger charge is 2.03. The van der Waals surface area contributed by atoms with Crippen molar-refractivity contribution in [1.82, 2.24) is 0 Å². The maximum Gasteiger partial charge on any atom is 0.238 e. The molecule has 0 aliphatic carbocycles. The molecule has 0 saturated carbocycles.